The summed E-state index contributed by atoms with van der Waals surface area (Å²) in [5, 5.41) is 3.04. The number of halogens is 1. The number of carbonyl (C=O) groups excluding carboxylic acids is 3. The van der Waals surface area contributed by atoms with Crippen LogP contribution in [0, 0.1) is 5.92 Å². The Morgan fingerprint density at radius 1 is 1.21 bits per heavy atom. The van der Waals surface area contributed by atoms with Gasteiger partial charge in [0.2, 0.25) is 17.7 Å². The third-order valence-corrected chi connectivity index (χ3v) is 5.86. The average Bonchev–Trinajstić information content (AvgIpc) is 2.70. The van der Waals surface area contributed by atoms with Gasteiger partial charge in [-0.25, -0.2) is 0 Å². The van der Waals surface area contributed by atoms with Gasteiger partial charge < -0.3 is 20.0 Å². The molecule has 2 aliphatic rings. The molecule has 28 heavy (non-hydrogen) atoms. The van der Waals surface area contributed by atoms with E-state index in [4.69, 9.17) is 0 Å². The Bertz CT molecular complexity index is 790. The van der Waals surface area contributed by atoms with Crippen LogP contribution in [-0.2, 0) is 14.4 Å². The van der Waals surface area contributed by atoms with Crippen molar-refractivity contribution in [1.29, 1.82) is 0 Å². The Hall–Kier alpha value is -2.35. The first-order chi connectivity index (χ1) is 13.4. The van der Waals surface area contributed by atoms with Crippen molar-refractivity contribution in [3.63, 3.8) is 0 Å². The zero-order chi connectivity index (χ0) is 20.3. The zero-order valence-electron chi connectivity index (χ0n) is 16.0. The second-order valence-corrected chi connectivity index (χ2v) is 8.11. The van der Waals surface area contributed by atoms with Gasteiger partial charge in [0.15, 0.2) is 0 Å². The number of benzene rings is 1. The number of carbonyl (C=O) groups is 3. The van der Waals surface area contributed by atoms with Crippen LogP contribution in [0.15, 0.2) is 35.3 Å². The van der Waals surface area contributed by atoms with E-state index in [9.17, 15) is 14.4 Å². The first kappa shape index (κ1) is 20.4. The van der Waals surface area contributed by atoms with E-state index in [1.54, 1.807) is 16.8 Å². The van der Waals surface area contributed by atoms with E-state index in [1.807, 2.05) is 23.1 Å². The summed E-state index contributed by atoms with van der Waals surface area (Å²) in [5.74, 6) is -0.223. The minimum atomic E-state index is -0.144. The molecule has 0 atom stereocenters. The van der Waals surface area contributed by atoms with Gasteiger partial charge in [-0.2, -0.15) is 0 Å². The number of amides is 3. The lowest BCUT2D eigenvalue weighted by molar-refractivity contribution is -0.130. The van der Waals surface area contributed by atoms with Gasteiger partial charge >= 0.3 is 0 Å². The van der Waals surface area contributed by atoms with Crippen LogP contribution in [0.5, 0.6) is 0 Å². The number of piperidine rings is 1. The van der Waals surface area contributed by atoms with Crippen molar-refractivity contribution in [2.45, 2.75) is 12.8 Å². The molecule has 2 fully saturated rings. The Morgan fingerprint density at radius 2 is 1.93 bits per heavy atom. The van der Waals surface area contributed by atoms with Crippen LogP contribution in [0.1, 0.15) is 12.8 Å². The quantitative estimate of drug-likeness (QED) is 0.715. The molecule has 2 aliphatic heterocycles. The van der Waals surface area contributed by atoms with Crippen molar-refractivity contribution in [2.75, 3.05) is 50.0 Å². The van der Waals surface area contributed by atoms with E-state index >= 15 is 0 Å². The van der Waals surface area contributed by atoms with Crippen LogP contribution >= 0.6 is 15.9 Å². The molecule has 0 unspecified atom stereocenters. The van der Waals surface area contributed by atoms with Gasteiger partial charge in [0.25, 0.3) is 0 Å². The predicted molar refractivity (Wildman–Crippen MR) is 112 cm³/mol. The molecule has 0 aromatic heterocycles. The largest absolute Gasteiger partial charge is 0.359 e. The van der Waals surface area contributed by atoms with Gasteiger partial charge in [-0.3, -0.25) is 14.4 Å². The van der Waals surface area contributed by atoms with Gasteiger partial charge in [-0.15, -0.1) is 0 Å². The monoisotopic (exact) mass is 448 g/mol. The number of rotatable bonds is 4. The minimum Gasteiger partial charge on any atom is -0.359 e. The van der Waals surface area contributed by atoms with E-state index in [0.717, 1.165) is 16.7 Å². The molecule has 7 nitrogen and oxygen atoms in total. The third kappa shape index (κ3) is 4.55. The molecular weight excluding hydrogens is 424 g/mol. The number of likely N-dealkylation sites (N-methyl/N-ethyl adjacent to an activating group) is 1. The molecule has 1 N–H and O–H groups in total. The molecule has 1 aromatic carbocycles. The molecule has 150 valence electrons. The van der Waals surface area contributed by atoms with E-state index in [-0.39, 0.29) is 23.6 Å². The van der Waals surface area contributed by atoms with Gasteiger partial charge in [-0.1, -0.05) is 22.5 Å². The Balaban J connectivity index is 1.69. The SMILES string of the molecule is C=CC(=O)N1CCC(C(=O)Nc2cc(Br)ccc2N2CCN(C)C(=O)C2)CC1. The lowest BCUT2D eigenvalue weighted by atomic mass is 9.95. The lowest BCUT2D eigenvalue weighted by Gasteiger charge is -2.35. The van der Waals surface area contributed by atoms with Crippen molar-refractivity contribution in [3.8, 4) is 0 Å². The first-order valence-electron chi connectivity index (χ1n) is 9.39. The fourth-order valence-electron chi connectivity index (χ4n) is 3.57. The molecule has 2 heterocycles. The molecule has 0 aliphatic carbocycles. The van der Waals surface area contributed by atoms with Crippen molar-refractivity contribution in [3.05, 3.63) is 35.3 Å². The number of anilines is 2. The van der Waals surface area contributed by atoms with Gasteiger partial charge in [-0.05, 0) is 37.1 Å². The number of nitrogens with one attached hydrogen (secondary N) is 1. The van der Waals surface area contributed by atoms with Crippen LogP contribution in [0.4, 0.5) is 11.4 Å². The summed E-state index contributed by atoms with van der Waals surface area (Å²) >= 11 is 3.46. The highest BCUT2D eigenvalue weighted by Gasteiger charge is 2.28. The summed E-state index contributed by atoms with van der Waals surface area (Å²) in [4.78, 5) is 42.1. The highest BCUT2D eigenvalue weighted by molar-refractivity contribution is 9.10. The van der Waals surface area contributed by atoms with E-state index in [2.05, 4.69) is 27.8 Å². The van der Waals surface area contributed by atoms with Crippen LogP contribution in [0.3, 0.4) is 0 Å². The van der Waals surface area contributed by atoms with Crippen LogP contribution in [0.25, 0.3) is 0 Å². The molecule has 0 radical (unpaired) electrons. The van der Waals surface area contributed by atoms with E-state index < -0.39 is 0 Å². The molecule has 3 rings (SSSR count). The van der Waals surface area contributed by atoms with Gasteiger partial charge in [0.1, 0.15) is 0 Å². The molecule has 3 amide bonds. The number of hydrogen-bond acceptors (Lipinski definition) is 4. The maximum atomic E-state index is 12.8. The van der Waals surface area contributed by atoms with E-state index in [0.29, 0.717) is 44.7 Å². The fraction of sp³-hybridized carbons (Fsp3) is 0.450. The highest BCUT2D eigenvalue weighted by atomic mass is 79.9. The summed E-state index contributed by atoms with van der Waals surface area (Å²) < 4.78 is 0.860. The number of hydrogen-bond donors (Lipinski definition) is 1. The standard InChI is InChI=1S/C20H25BrN4O3/c1-3-18(26)24-8-6-14(7-9-24)20(28)22-16-12-15(21)4-5-17(16)25-11-10-23(2)19(27)13-25/h3-5,12,14H,1,6-11,13H2,2H3,(H,22,28). The lowest BCUT2D eigenvalue weighted by Crippen LogP contribution is -2.48. The number of nitrogens with zero attached hydrogens (tertiary/aromatic N) is 3. The van der Waals surface area contributed by atoms with Crippen LogP contribution in [0.2, 0.25) is 0 Å². The molecule has 2 saturated heterocycles. The smallest absolute Gasteiger partial charge is 0.245 e. The molecule has 1 aromatic rings. The highest BCUT2D eigenvalue weighted by Crippen LogP contribution is 2.31. The number of piperazine rings is 1. The predicted octanol–water partition coefficient (Wildman–Crippen LogP) is 2.09. The molecule has 0 saturated carbocycles. The fourth-order valence-corrected chi connectivity index (χ4v) is 3.94. The van der Waals surface area contributed by atoms with Crippen molar-refractivity contribution >= 4 is 45.0 Å². The van der Waals surface area contributed by atoms with Crippen LogP contribution < -0.4 is 10.2 Å². The molecule has 0 bridgehead atoms. The third-order valence-electron chi connectivity index (χ3n) is 5.37. The Labute approximate surface area is 173 Å². The summed E-state index contributed by atoms with van der Waals surface area (Å²) in [6, 6.07) is 5.70. The Morgan fingerprint density at radius 3 is 2.57 bits per heavy atom. The average molecular weight is 449 g/mol. The van der Waals surface area contributed by atoms with E-state index in [1.165, 1.54) is 6.08 Å². The normalized spacial score (nSPS) is 18.2. The van der Waals surface area contributed by atoms with Crippen molar-refractivity contribution in [1.82, 2.24) is 9.80 Å². The first-order valence-corrected chi connectivity index (χ1v) is 10.2. The zero-order valence-corrected chi connectivity index (χ0v) is 17.6. The Kier molecular flexibility index (Phi) is 6.39. The topological polar surface area (TPSA) is 73.0 Å². The molecular formula is C20H25BrN4O3. The van der Waals surface area contributed by atoms with Crippen molar-refractivity contribution < 1.29 is 14.4 Å². The van der Waals surface area contributed by atoms with Crippen LogP contribution in [-0.4, -0.2) is 67.3 Å². The van der Waals surface area contributed by atoms with Gasteiger partial charge in [0, 0.05) is 43.6 Å². The summed E-state index contributed by atoms with van der Waals surface area (Å²) in [6.45, 7) is 6.29. The van der Waals surface area contributed by atoms with Gasteiger partial charge in [0.05, 0.1) is 17.9 Å². The molecule has 8 heteroatoms. The summed E-state index contributed by atoms with van der Waals surface area (Å²) in [5.41, 5.74) is 1.54. The second-order valence-electron chi connectivity index (χ2n) is 7.19. The summed E-state index contributed by atoms with van der Waals surface area (Å²) in [7, 11) is 1.80. The molecule has 0 spiro atoms. The minimum absolute atomic E-state index is 0.0505. The number of likely N-dealkylation sites (tertiary alicyclic amines) is 1. The summed E-state index contributed by atoms with van der Waals surface area (Å²) in [6.07, 6.45) is 2.56. The maximum absolute atomic E-state index is 12.8. The van der Waals surface area contributed by atoms with Crippen molar-refractivity contribution in [2.24, 2.45) is 5.92 Å². The maximum Gasteiger partial charge on any atom is 0.245 e. The second kappa shape index (κ2) is 8.77.